The van der Waals surface area contributed by atoms with Crippen molar-refractivity contribution in [3.05, 3.63) is 66.5 Å². The first-order valence-electron chi connectivity index (χ1n) is 12.8. The monoisotopic (exact) mass is 484 g/mol. The summed E-state index contributed by atoms with van der Waals surface area (Å²) in [5.41, 5.74) is 5.42. The summed E-state index contributed by atoms with van der Waals surface area (Å²) in [5.74, 6) is 1.74. The molecule has 186 valence electrons. The van der Waals surface area contributed by atoms with Gasteiger partial charge >= 0.3 is 0 Å². The predicted molar refractivity (Wildman–Crippen MR) is 140 cm³/mol. The van der Waals surface area contributed by atoms with E-state index in [2.05, 4.69) is 55.6 Å². The molecule has 8 nitrogen and oxygen atoms in total. The van der Waals surface area contributed by atoms with Crippen molar-refractivity contribution >= 4 is 22.6 Å². The first-order valence-corrected chi connectivity index (χ1v) is 12.8. The highest BCUT2D eigenvalue weighted by molar-refractivity contribution is 5.79. The number of likely N-dealkylation sites (tertiary alicyclic amines) is 1. The van der Waals surface area contributed by atoms with Gasteiger partial charge in [0.1, 0.15) is 11.3 Å². The number of hydrogen-bond donors (Lipinski definition) is 1. The zero-order chi connectivity index (χ0) is 24.6. The van der Waals surface area contributed by atoms with Gasteiger partial charge in [0, 0.05) is 61.9 Å². The van der Waals surface area contributed by atoms with Gasteiger partial charge in [-0.25, -0.2) is 4.68 Å². The van der Waals surface area contributed by atoms with Gasteiger partial charge in [0.25, 0.3) is 0 Å². The second kappa shape index (κ2) is 9.33. The van der Waals surface area contributed by atoms with Crippen molar-refractivity contribution in [1.82, 2.24) is 24.5 Å². The maximum Gasteiger partial charge on any atom is 0.225 e. The lowest BCUT2D eigenvalue weighted by Gasteiger charge is -2.41. The Kier molecular flexibility index (Phi) is 5.87. The van der Waals surface area contributed by atoms with Gasteiger partial charge in [-0.2, -0.15) is 0 Å². The number of carbonyl (C=O) groups is 1. The Hall–Kier alpha value is -3.81. The Labute approximate surface area is 210 Å². The Morgan fingerprint density at radius 1 is 1.19 bits per heavy atom. The molecule has 1 amide bonds. The number of para-hydroxylation sites is 1. The number of fused-ring (bicyclic) bond motifs is 6. The van der Waals surface area contributed by atoms with E-state index in [-0.39, 0.29) is 11.8 Å². The number of carbonyl (C=O) groups excluding carboxylic acids is 1. The fraction of sp³-hybridized carbons (Fsp3) is 0.393. The average Bonchev–Trinajstić information content (AvgIpc) is 3.56. The lowest BCUT2D eigenvalue weighted by Crippen LogP contribution is -2.47. The van der Waals surface area contributed by atoms with Crippen LogP contribution in [0.4, 0.5) is 5.69 Å². The van der Waals surface area contributed by atoms with E-state index >= 15 is 0 Å². The van der Waals surface area contributed by atoms with Crippen LogP contribution >= 0.6 is 0 Å². The Balaban J connectivity index is 1.16. The topological polar surface area (TPSA) is 77.2 Å². The van der Waals surface area contributed by atoms with Crippen molar-refractivity contribution in [1.29, 1.82) is 0 Å². The summed E-state index contributed by atoms with van der Waals surface area (Å²) in [6.07, 6.45) is 3.84. The number of benzene rings is 2. The molecule has 0 spiro atoms. The van der Waals surface area contributed by atoms with Gasteiger partial charge in [-0.1, -0.05) is 24.3 Å². The highest BCUT2D eigenvalue weighted by Gasteiger charge is 2.36. The molecule has 3 unspecified atom stereocenters. The van der Waals surface area contributed by atoms with E-state index in [1.807, 2.05) is 41.9 Å². The van der Waals surface area contributed by atoms with Gasteiger partial charge in [-0.15, -0.1) is 5.10 Å². The number of aromatic nitrogens is 4. The largest absolute Gasteiger partial charge is 0.497 e. The van der Waals surface area contributed by atoms with Crippen LogP contribution in [0.15, 0.2) is 60.8 Å². The molecule has 2 aliphatic heterocycles. The molecule has 36 heavy (non-hydrogen) atoms. The molecule has 0 saturated carbocycles. The van der Waals surface area contributed by atoms with Gasteiger partial charge < -0.3 is 19.5 Å². The molecule has 4 heterocycles. The minimum absolute atomic E-state index is 0.0696. The van der Waals surface area contributed by atoms with Crippen LogP contribution in [0, 0.1) is 11.8 Å². The number of piperidine rings is 1. The van der Waals surface area contributed by atoms with E-state index < -0.39 is 0 Å². The molecule has 3 atom stereocenters. The number of rotatable bonds is 5. The van der Waals surface area contributed by atoms with Crippen molar-refractivity contribution in [2.24, 2.45) is 11.8 Å². The maximum atomic E-state index is 13.5. The average molecular weight is 485 g/mol. The zero-order valence-electron chi connectivity index (χ0n) is 20.8. The molecule has 1 N–H and O–H groups in total. The second-order valence-electron chi connectivity index (χ2n) is 10.00. The van der Waals surface area contributed by atoms with Crippen LogP contribution in [-0.4, -0.2) is 57.1 Å². The number of nitrogens with zero attached hydrogens (tertiary/aromatic N) is 5. The summed E-state index contributed by atoms with van der Waals surface area (Å²) in [7, 11) is 1.69. The summed E-state index contributed by atoms with van der Waals surface area (Å²) in [5, 5.41) is 12.2. The van der Waals surface area contributed by atoms with Crippen molar-refractivity contribution in [2.75, 3.05) is 32.1 Å². The van der Waals surface area contributed by atoms with E-state index in [9.17, 15) is 4.79 Å². The third kappa shape index (κ3) is 4.00. The molecule has 0 radical (unpaired) electrons. The number of aryl methyl sites for hydroxylation is 1. The summed E-state index contributed by atoms with van der Waals surface area (Å²) in [6.45, 7) is 5.09. The van der Waals surface area contributed by atoms with E-state index in [4.69, 9.17) is 4.74 Å². The van der Waals surface area contributed by atoms with Gasteiger partial charge in [-0.3, -0.25) is 4.79 Å². The summed E-state index contributed by atoms with van der Waals surface area (Å²) in [6, 6.07) is 18.5. The number of ether oxygens (including phenoxy) is 1. The van der Waals surface area contributed by atoms with Crippen LogP contribution in [-0.2, 0) is 11.3 Å². The van der Waals surface area contributed by atoms with Crippen LogP contribution in [0.1, 0.15) is 31.4 Å². The molecular formula is C28H32N6O2. The fourth-order valence-corrected chi connectivity index (χ4v) is 5.81. The number of nitrogens with one attached hydrogen (secondary N) is 1. The fourth-order valence-electron chi connectivity index (χ4n) is 5.81. The molecule has 8 heteroatoms. The summed E-state index contributed by atoms with van der Waals surface area (Å²) >= 11 is 0. The van der Waals surface area contributed by atoms with Gasteiger partial charge in [-0.05, 0) is 49.2 Å². The van der Waals surface area contributed by atoms with Crippen molar-refractivity contribution in [3.63, 3.8) is 0 Å². The molecule has 4 aromatic rings. The zero-order valence-corrected chi connectivity index (χ0v) is 20.8. The van der Waals surface area contributed by atoms with Crippen LogP contribution < -0.4 is 10.1 Å². The Bertz CT molecular complexity index is 1390. The van der Waals surface area contributed by atoms with Crippen LogP contribution in [0.3, 0.4) is 0 Å². The molecule has 0 bridgehead atoms. The molecule has 2 aromatic carbocycles. The maximum absolute atomic E-state index is 13.5. The molecule has 2 aliphatic rings. The van der Waals surface area contributed by atoms with Gasteiger partial charge in [0.2, 0.25) is 5.91 Å². The molecule has 1 fully saturated rings. The third-order valence-corrected chi connectivity index (χ3v) is 7.84. The van der Waals surface area contributed by atoms with Crippen molar-refractivity contribution in [3.8, 4) is 11.4 Å². The second-order valence-corrected chi connectivity index (χ2v) is 10.00. The smallest absolute Gasteiger partial charge is 0.225 e. The predicted octanol–water partition coefficient (Wildman–Crippen LogP) is 4.31. The highest BCUT2D eigenvalue weighted by atomic mass is 16.5. The molecular weight excluding hydrogens is 452 g/mol. The molecule has 2 aromatic heterocycles. The normalized spacial score (nSPS) is 19.9. The summed E-state index contributed by atoms with van der Waals surface area (Å²) in [4.78, 5) is 15.5. The van der Waals surface area contributed by atoms with Gasteiger partial charge in [0.15, 0.2) is 0 Å². The first-order chi connectivity index (χ1) is 17.6. The first kappa shape index (κ1) is 22.6. The van der Waals surface area contributed by atoms with Crippen LogP contribution in [0.25, 0.3) is 16.7 Å². The van der Waals surface area contributed by atoms with E-state index in [0.717, 1.165) is 60.6 Å². The molecule has 1 saturated heterocycles. The van der Waals surface area contributed by atoms with Crippen molar-refractivity contribution < 1.29 is 9.53 Å². The minimum atomic E-state index is -0.0696. The standard InChI is InChI=1S/C28H32N6O2/c1-19(11-15-34-27-7-4-3-6-23(27)30-31-34)28(35)32-14-12-22-20(18-32)17-29-24-16-21(36-2)9-10-26(24)33-13-5-8-25(22)33/h3-10,13,16,19-20,22,29H,11-12,14-15,17-18H2,1-2H3. The van der Waals surface area contributed by atoms with Gasteiger partial charge in [0.05, 0.1) is 24.0 Å². The third-order valence-electron chi connectivity index (χ3n) is 7.84. The minimum Gasteiger partial charge on any atom is -0.497 e. The van der Waals surface area contributed by atoms with E-state index in [1.54, 1.807) is 7.11 Å². The number of amides is 1. The van der Waals surface area contributed by atoms with Crippen molar-refractivity contribution in [2.45, 2.75) is 32.2 Å². The number of methoxy groups -OCH3 is 1. The van der Waals surface area contributed by atoms with Crippen LogP contribution in [0.5, 0.6) is 5.75 Å². The van der Waals surface area contributed by atoms with E-state index in [1.165, 1.54) is 5.69 Å². The SMILES string of the molecule is COc1ccc2c(c1)NCC1CN(C(=O)C(C)CCn3nnc4ccccc43)CCC1c1cccn1-2. The summed E-state index contributed by atoms with van der Waals surface area (Å²) < 4.78 is 9.66. The Morgan fingerprint density at radius 2 is 2.08 bits per heavy atom. The van der Waals surface area contributed by atoms with Crippen LogP contribution in [0.2, 0.25) is 0 Å². The quantitative estimate of drug-likeness (QED) is 0.457. The number of hydrogen-bond acceptors (Lipinski definition) is 5. The lowest BCUT2D eigenvalue weighted by atomic mass is 9.81. The van der Waals surface area contributed by atoms with E-state index in [0.29, 0.717) is 18.4 Å². The lowest BCUT2D eigenvalue weighted by molar-refractivity contribution is -0.137. The molecule has 6 rings (SSSR count). The highest BCUT2D eigenvalue weighted by Crippen LogP contribution is 2.39. The Morgan fingerprint density at radius 3 is 2.97 bits per heavy atom. The number of anilines is 1. The molecule has 0 aliphatic carbocycles.